The zero-order chi connectivity index (χ0) is 22.2. The van der Waals surface area contributed by atoms with Gasteiger partial charge in [0.1, 0.15) is 23.9 Å². The highest BCUT2D eigenvalue weighted by atomic mass is 16.5. The summed E-state index contributed by atoms with van der Waals surface area (Å²) < 4.78 is 17.7. The number of rotatable bonds is 8. The van der Waals surface area contributed by atoms with E-state index in [1.54, 1.807) is 14.2 Å². The van der Waals surface area contributed by atoms with Crippen LogP contribution >= 0.6 is 0 Å². The Kier molecular flexibility index (Phi) is 7.64. The Bertz CT molecular complexity index is 963. The van der Waals surface area contributed by atoms with Crippen LogP contribution in [0.4, 0.5) is 0 Å². The molecule has 0 aliphatic carbocycles. The van der Waals surface area contributed by atoms with Crippen LogP contribution in [0.5, 0.6) is 17.2 Å². The molecule has 4 rings (SSSR count). The van der Waals surface area contributed by atoms with Gasteiger partial charge in [0.15, 0.2) is 0 Å². The van der Waals surface area contributed by atoms with Crippen LogP contribution in [0.1, 0.15) is 29.2 Å². The van der Waals surface area contributed by atoms with Gasteiger partial charge in [0.05, 0.1) is 25.8 Å². The van der Waals surface area contributed by atoms with Crippen LogP contribution in [0.3, 0.4) is 0 Å². The summed E-state index contributed by atoms with van der Waals surface area (Å²) in [5, 5.41) is 3.51. The lowest BCUT2D eigenvalue weighted by molar-refractivity contribution is 0.230. The SMILES string of the molecule is COc1cccc(OC)c1C(c1cccc(OCc2ccccc2)c1)N1CCCNCC1. The molecule has 0 radical (unpaired) electrons. The van der Waals surface area contributed by atoms with E-state index in [0.29, 0.717) is 6.61 Å². The summed E-state index contributed by atoms with van der Waals surface area (Å²) in [5.74, 6) is 2.53. The smallest absolute Gasteiger partial charge is 0.127 e. The highest BCUT2D eigenvalue weighted by molar-refractivity contribution is 5.51. The zero-order valence-corrected chi connectivity index (χ0v) is 18.9. The molecule has 32 heavy (non-hydrogen) atoms. The number of hydrogen-bond donors (Lipinski definition) is 1. The minimum absolute atomic E-state index is 0.00118. The molecule has 1 atom stereocenters. The van der Waals surface area contributed by atoms with Crippen molar-refractivity contribution in [3.8, 4) is 17.2 Å². The van der Waals surface area contributed by atoms with Crippen LogP contribution in [0.25, 0.3) is 0 Å². The number of nitrogens with zero attached hydrogens (tertiary/aromatic N) is 1. The molecule has 0 bridgehead atoms. The van der Waals surface area contributed by atoms with Gasteiger partial charge in [0.25, 0.3) is 0 Å². The van der Waals surface area contributed by atoms with Gasteiger partial charge in [-0.2, -0.15) is 0 Å². The molecule has 0 spiro atoms. The summed E-state index contributed by atoms with van der Waals surface area (Å²) >= 11 is 0. The zero-order valence-electron chi connectivity index (χ0n) is 18.9. The van der Waals surface area contributed by atoms with E-state index in [0.717, 1.165) is 61.0 Å². The first-order valence-corrected chi connectivity index (χ1v) is 11.2. The fourth-order valence-corrected chi connectivity index (χ4v) is 4.35. The predicted molar refractivity (Wildman–Crippen MR) is 128 cm³/mol. The van der Waals surface area contributed by atoms with E-state index in [1.807, 2.05) is 42.5 Å². The number of hydrogen-bond acceptors (Lipinski definition) is 5. The quantitative estimate of drug-likeness (QED) is 0.560. The fraction of sp³-hybridized carbons (Fsp3) is 0.333. The van der Waals surface area contributed by atoms with Gasteiger partial charge in [0.2, 0.25) is 0 Å². The summed E-state index contributed by atoms with van der Waals surface area (Å²) in [5.41, 5.74) is 3.37. The summed E-state index contributed by atoms with van der Waals surface area (Å²) in [4.78, 5) is 2.51. The molecule has 5 heteroatoms. The van der Waals surface area contributed by atoms with Crippen molar-refractivity contribution in [2.45, 2.75) is 19.1 Å². The molecule has 0 aromatic heterocycles. The van der Waals surface area contributed by atoms with E-state index in [2.05, 4.69) is 40.5 Å². The maximum Gasteiger partial charge on any atom is 0.127 e. The molecular formula is C27H32N2O3. The van der Waals surface area contributed by atoms with Crippen molar-refractivity contribution < 1.29 is 14.2 Å². The van der Waals surface area contributed by atoms with Gasteiger partial charge < -0.3 is 19.5 Å². The molecule has 3 aromatic rings. The van der Waals surface area contributed by atoms with Gasteiger partial charge in [0, 0.05) is 19.6 Å². The molecular weight excluding hydrogens is 400 g/mol. The van der Waals surface area contributed by atoms with Crippen LogP contribution in [0.2, 0.25) is 0 Å². The largest absolute Gasteiger partial charge is 0.496 e. The molecule has 1 saturated heterocycles. The molecule has 1 N–H and O–H groups in total. The van der Waals surface area contributed by atoms with Crippen molar-refractivity contribution in [3.63, 3.8) is 0 Å². The number of methoxy groups -OCH3 is 2. The Morgan fingerprint density at radius 1 is 0.844 bits per heavy atom. The second-order valence-electron chi connectivity index (χ2n) is 7.97. The Labute approximate surface area is 190 Å². The second kappa shape index (κ2) is 11.0. The summed E-state index contributed by atoms with van der Waals surface area (Å²) in [6.07, 6.45) is 1.10. The Morgan fingerprint density at radius 3 is 2.34 bits per heavy atom. The van der Waals surface area contributed by atoms with Crippen molar-refractivity contribution in [1.29, 1.82) is 0 Å². The van der Waals surface area contributed by atoms with Crippen molar-refractivity contribution in [3.05, 3.63) is 89.5 Å². The minimum atomic E-state index is 0.00118. The lowest BCUT2D eigenvalue weighted by atomic mass is 9.94. The van der Waals surface area contributed by atoms with Crippen molar-refractivity contribution in [2.24, 2.45) is 0 Å². The van der Waals surface area contributed by atoms with Gasteiger partial charge in [-0.25, -0.2) is 0 Å². The Balaban J connectivity index is 1.71. The van der Waals surface area contributed by atoms with Crippen molar-refractivity contribution in [2.75, 3.05) is 40.4 Å². The molecule has 1 fully saturated rings. The maximum atomic E-state index is 6.15. The number of nitrogens with one attached hydrogen (secondary N) is 1. The van der Waals surface area contributed by atoms with Crippen LogP contribution in [0.15, 0.2) is 72.8 Å². The van der Waals surface area contributed by atoms with Gasteiger partial charge in [-0.05, 0) is 48.4 Å². The van der Waals surface area contributed by atoms with Gasteiger partial charge in [-0.1, -0.05) is 48.5 Å². The summed E-state index contributed by atoms with van der Waals surface area (Å²) in [6, 6.07) is 24.7. The van der Waals surface area contributed by atoms with E-state index in [-0.39, 0.29) is 6.04 Å². The average molecular weight is 433 g/mol. The third-order valence-electron chi connectivity index (χ3n) is 5.90. The molecule has 1 aliphatic rings. The van der Waals surface area contributed by atoms with Crippen LogP contribution in [-0.4, -0.2) is 45.3 Å². The summed E-state index contributed by atoms with van der Waals surface area (Å²) in [6.45, 7) is 4.47. The van der Waals surface area contributed by atoms with Crippen molar-refractivity contribution in [1.82, 2.24) is 10.2 Å². The highest BCUT2D eigenvalue weighted by Crippen LogP contribution is 2.41. The third-order valence-corrected chi connectivity index (χ3v) is 5.90. The summed E-state index contributed by atoms with van der Waals surface area (Å²) in [7, 11) is 3.44. The first-order valence-electron chi connectivity index (χ1n) is 11.2. The van der Waals surface area contributed by atoms with Crippen LogP contribution < -0.4 is 19.5 Å². The molecule has 1 heterocycles. The molecule has 5 nitrogen and oxygen atoms in total. The van der Waals surface area contributed by atoms with Crippen LogP contribution in [0, 0.1) is 0 Å². The molecule has 1 aliphatic heterocycles. The van der Waals surface area contributed by atoms with E-state index in [1.165, 1.54) is 5.56 Å². The minimum Gasteiger partial charge on any atom is -0.496 e. The molecule has 168 valence electrons. The predicted octanol–water partition coefficient (Wildman–Crippen LogP) is 4.67. The Hall–Kier alpha value is -3.02. The number of ether oxygens (including phenoxy) is 3. The Morgan fingerprint density at radius 2 is 1.59 bits per heavy atom. The molecule has 0 saturated carbocycles. The maximum absolute atomic E-state index is 6.15. The lowest BCUT2D eigenvalue weighted by Crippen LogP contribution is -2.33. The first-order chi connectivity index (χ1) is 15.8. The second-order valence-corrected chi connectivity index (χ2v) is 7.97. The average Bonchev–Trinajstić information content (AvgIpc) is 3.13. The van der Waals surface area contributed by atoms with Crippen molar-refractivity contribution >= 4 is 0 Å². The topological polar surface area (TPSA) is 43.0 Å². The monoisotopic (exact) mass is 432 g/mol. The third kappa shape index (κ3) is 5.23. The standard InChI is InChI=1S/C27H32N2O3/c1-30-24-13-7-14-25(31-2)26(24)27(29-17-8-15-28-16-18-29)22-11-6-12-23(19-22)32-20-21-9-4-3-5-10-21/h3-7,9-14,19,27-28H,8,15-18,20H2,1-2H3. The van der Waals surface area contributed by atoms with E-state index < -0.39 is 0 Å². The van der Waals surface area contributed by atoms with E-state index in [9.17, 15) is 0 Å². The van der Waals surface area contributed by atoms with E-state index >= 15 is 0 Å². The van der Waals surface area contributed by atoms with Gasteiger partial charge >= 0.3 is 0 Å². The molecule has 1 unspecified atom stereocenters. The van der Waals surface area contributed by atoms with Crippen LogP contribution in [-0.2, 0) is 6.61 Å². The van der Waals surface area contributed by atoms with E-state index in [4.69, 9.17) is 14.2 Å². The molecule has 3 aromatic carbocycles. The normalized spacial score (nSPS) is 15.6. The lowest BCUT2D eigenvalue weighted by Gasteiger charge is -2.33. The number of benzene rings is 3. The molecule has 0 amide bonds. The first kappa shape index (κ1) is 22.2. The highest BCUT2D eigenvalue weighted by Gasteiger charge is 2.29. The van der Waals surface area contributed by atoms with Gasteiger partial charge in [-0.3, -0.25) is 4.90 Å². The van der Waals surface area contributed by atoms with Gasteiger partial charge in [-0.15, -0.1) is 0 Å². The fourth-order valence-electron chi connectivity index (χ4n) is 4.35.